The van der Waals surface area contributed by atoms with Gasteiger partial charge in [-0.25, -0.2) is 15.0 Å². The Morgan fingerprint density at radius 1 is 0.385 bits per heavy atom. The van der Waals surface area contributed by atoms with Crippen molar-refractivity contribution in [3.05, 3.63) is 170 Å². The lowest BCUT2D eigenvalue weighted by molar-refractivity contribution is 0.477. The number of hydrogen-bond acceptors (Lipinski definition) is 5. The fourth-order valence-electron chi connectivity index (χ4n) is 7.23. The maximum absolute atomic E-state index is 11.4. The van der Waals surface area contributed by atoms with Crippen LogP contribution in [0, 0.1) is 0 Å². The van der Waals surface area contributed by atoms with Crippen LogP contribution in [-0.4, -0.2) is 20.1 Å². The van der Waals surface area contributed by atoms with Gasteiger partial charge in [0.15, 0.2) is 17.5 Å². The summed E-state index contributed by atoms with van der Waals surface area (Å²) in [6, 6.07) is 57.1. The molecule has 0 amide bonds. The summed E-state index contributed by atoms with van der Waals surface area (Å²) in [5, 5.41) is 18.1. The molecule has 0 bridgehead atoms. The van der Waals surface area contributed by atoms with E-state index >= 15 is 0 Å². The molecule has 0 aliphatic heterocycles. The molecule has 52 heavy (non-hydrogen) atoms. The lowest BCUT2D eigenvalue weighted by Crippen LogP contribution is -2.01. The molecule has 0 saturated heterocycles. The summed E-state index contributed by atoms with van der Waals surface area (Å²) in [6.07, 6.45) is 0. The second kappa shape index (κ2) is 12.0. The highest BCUT2D eigenvalue weighted by Crippen LogP contribution is 2.41. The molecule has 10 aromatic rings. The molecule has 0 fully saturated rings. The predicted octanol–water partition coefficient (Wildman–Crippen LogP) is 12.1. The van der Waals surface area contributed by atoms with Crippen molar-refractivity contribution < 1.29 is 9.52 Å². The van der Waals surface area contributed by atoms with E-state index in [0.717, 1.165) is 71.3 Å². The topological polar surface area (TPSA) is 72.0 Å². The van der Waals surface area contributed by atoms with Crippen LogP contribution in [-0.2, 0) is 0 Å². The van der Waals surface area contributed by atoms with Crippen LogP contribution in [0.3, 0.4) is 0 Å². The Labute approximate surface area is 299 Å². The molecule has 5 nitrogen and oxygen atoms in total. The molecular weight excluding hydrogens is 639 g/mol. The van der Waals surface area contributed by atoms with Crippen molar-refractivity contribution in [2.45, 2.75) is 0 Å². The molecule has 0 unspecified atom stereocenters. The monoisotopic (exact) mass is 667 g/mol. The fourth-order valence-corrected chi connectivity index (χ4v) is 7.23. The smallest absolute Gasteiger partial charge is 0.164 e. The van der Waals surface area contributed by atoms with Crippen LogP contribution in [0.25, 0.3) is 99.9 Å². The first-order valence-corrected chi connectivity index (χ1v) is 17.2. The molecule has 10 rings (SSSR count). The highest BCUT2D eigenvalue weighted by atomic mass is 16.3. The Morgan fingerprint density at radius 3 is 1.60 bits per heavy atom. The number of para-hydroxylation sites is 2. The quantitative estimate of drug-likeness (QED) is 0.198. The van der Waals surface area contributed by atoms with Gasteiger partial charge in [0.25, 0.3) is 0 Å². The van der Waals surface area contributed by atoms with Crippen molar-refractivity contribution in [3.8, 4) is 62.2 Å². The summed E-state index contributed by atoms with van der Waals surface area (Å²) in [5.74, 6) is 1.73. The second-order valence-electron chi connectivity index (χ2n) is 13.0. The lowest BCUT2D eigenvalue weighted by Gasteiger charge is -2.14. The van der Waals surface area contributed by atoms with E-state index in [0.29, 0.717) is 28.6 Å². The standard InChI is InChI=1S/C47H29N3O2/c51-41-17-8-16-40(43(41)32-23-21-31(22-24-32)37-14-7-15-39-38-13-5-6-18-42(38)52-44(37)39)47-49-45(35-25-19-29-9-1-3-11-33(29)27-35)48-46(50-47)36-26-20-30-10-2-4-12-34(30)28-36/h1-28,51H. The first-order valence-electron chi connectivity index (χ1n) is 17.2. The van der Waals surface area contributed by atoms with Gasteiger partial charge in [0.1, 0.15) is 16.9 Å². The van der Waals surface area contributed by atoms with Crippen molar-refractivity contribution >= 4 is 43.5 Å². The van der Waals surface area contributed by atoms with Crippen LogP contribution in [0.15, 0.2) is 174 Å². The van der Waals surface area contributed by atoms with Crippen LogP contribution in [0.1, 0.15) is 0 Å². The number of aromatic nitrogens is 3. The van der Waals surface area contributed by atoms with Crippen molar-refractivity contribution in [2.75, 3.05) is 0 Å². The Hall–Kier alpha value is -7.11. The molecular formula is C47H29N3O2. The van der Waals surface area contributed by atoms with E-state index in [1.165, 1.54) is 0 Å². The molecule has 8 aromatic carbocycles. The minimum absolute atomic E-state index is 0.143. The summed E-state index contributed by atoms with van der Waals surface area (Å²) in [5.41, 5.74) is 7.71. The minimum atomic E-state index is 0.143. The number of phenols is 1. The maximum Gasteiger partial charge on any atom is 0.164 e. The third-order valence-corrected chi connectivity index (χ3v) is 9.82. The molecule has 2 aromatic heterocycles. The van der Waals surface area contributed by atoms with Crippen LogP contribution >= 0.6 is 0 Å². The summed E-state index contributed by atoms with van der Waals surface area (Å²) in [4.78, 5) is 15.2. The van der Waals surface area contributed by atoms with E-state index in [1.807, 2.05) is 66.7 Å². The zero-order valence-corrected chi connectivity index (χ0v) is 27.9. The number of benzene rings is 8. The third-order valence-electron chi connectivity index (χ3n) is 9.82. The number of nitrogens with zero attached hydrogens (tertiary/aromatic N) is 3. The molecule has 0 radical (unpaired) electrons. The Kier molecular flexibility index (Phi) is 6.89. The van der Waals surface area contributed by atoms with Crippen molar-refractivity contribution in [2.24, 2.45) is 0 Å². The molecule has 0 spiro atoms. The second-order valence-corrected chi connectivity index (χ2v) is 13.0. The zero-order chi connectivity index (χ0) is 34.6. The predicted molar refractivity (Wildman–Crippen MR) is 211 cm³/mol. The van der Waals surface area contributed by atoms with Crippen molar-refractivity contribution in [3.63, 3.8) is 0 Å². The van der Waals surface area contributed by atoms with Gasteiger partial charge < -0.3 is 9.52 Å². The highest BCUT2D eigenvalue weighted by Gasteiger charge is 2.19. The fraction of sp³-hybridized carbons (Fsp3) is 0. The van der Waals surface area contributed by atoms with Gasteiger partial charge >= 0.3 is 0 Å². The number of fused-ring (bicyclic) bond motifs is 5. The van der Waals surface area contributed by atoms with Gasteiger partial charge in [0.2, 0.25) is 0 Å². The van der Waals surface area contributed by atoms with Gasteiger partial charge in [0, 0.05) is 38.6 Å². The SMILES string of the molecule is Oc1cccc(-c2nc(-c3ccc4ccccc4c3)nc(-c3ccc4ccccc4c3)n2)c1-c1ccc(-c2cccc3c2oc2ccccc23)cc1. The Bertz CT molecular complexity index is 2880. The summed E-state index contributed by atoms with van der Waals surface area (Å²) in [6.45, 7) is 0. The van der Waals surface area contributed by atoms with Crippen LogP contribution < -0.4 is 0 Å². The molecule has 244 valence electrons. The number of rotatable bonds is 5. The van der Waals surface area contributed by atoms with Gasteiger partial charge in [-0.05, 0) is 56.9 Å². The molecule has 0 saturated carbocycles. The van der Waals surface area contributed by atoms with Gasteiger partial charge in [-0.1, -0.05) is 146 Å². The Balaban J connectivity index is 1.12. The normalized spacial score (nSPS) is 11.5. The van der Waals surface area contributed by atoms with Crippen molar-refractivity contribution in [1.29, 1.82) is 0 Å². The highest BCUT2D eigenvalue weighted by molar-refractivity contribution is 6.09. The van der Waals surface area contributed by atoms with Crippen LogP contribution in [0.5, 0.6) is 5.75 Å². The lowest BCUT2D eigenvalue weighted by atomic mass is 9.95. The average molecular weight is 668 g/mol. The van der Waals surface area contributed by atoms with Gasteiger partial charge in [-0.3, -0.25) is 0 Å². The van der Waals surface area contributed by atoms with E-state index in [4.69, 9.17) is 19.4 Å². The molecule has 0 atom stereocenters. The first-order chi connectivity index (χ1) is 25.7. The maximum atomic E-state index is 11.4. The van der Waals surface area contributed by atoms with Crippen LogP contribution in [0.4, 0.5) is 0 Å². The third kappa shape index (κ3) is 5.07. The summed E-state index contributed by atoms with van der Waals surface area (Å²) >= 11 is 0. The molecule has 5 heteroatoms. The van der Waals surface area contributed by atoms with Gasteiger partial charge in [0.05, 0.1) is 0 Å². The van der Waals surface area contributed by atoms with Crippen molar-refractivity contribution in [1.82, 2.24) is 15.0 Å². The number of phenolic OH excluding ortho intramolecular Hbond substituents is 1. The van der Waals surface area contributed by atoms with E-state index < -0.39 is 0 Å². The molecule has 1 N–H and O–H groups in total. The average Bonchev–Trinajstić information content (AvgIpc) is 3.59. The number of aromatic hydroxyl groups is 1. The summed E-state index contributed by atoms with van der Waals surface area (Å²) < 4.78 is 6.33. The van der Waals surface area contributed by atoms with E-state index in [2.05, 4.69) is 97.1 Å². The number of furan rings is 1. The van der Waals surface area contributed by atoms with E-state index in [9.17, 15) is 5.11 Å². The zero-order valence-electron chi connectivity index (χ0n) is 27.9. The molecule has 2 heterocycles. The van der Waals surface area contributed by atoms with Crippen LogP contribution in [0.2, 0.25) is 0 Å². The molecule has 0 aliphatic carbocycles. The van der Waals surface area contributed by atoms with E-state index in [-0.39, 0.29) is 5.75 Å². The van der Waals surface area contributed by atoms with E-state index in [1.54, 1.807) is 6.07 Å². The minimum Gasteiger partial charge on any atom is -0.507 e. The largest absolute Gasteiger partial charge is 0.507 e. The number of hydrogen-bond donors (Lipinski definition) is 1. The molecule has 0 aliphatic rings. The van der Waals surface area contributed by atoms with Gasteiger partial charge in [-0.15, -0.1) is 0 Å². The Morgan fingerprint density at radius 2 is 0.904 bits per heavy atom. The van der Waals surface area contributed by atoms with Gasteiger partial charge in [-0.2, -0.15) is 0 Å². The summed E-state index contributed by atoms with van der Waals surface area (Å²) in [7, 11) is 0. The first kappa shape index (κ1) is 29.8.